The van der Waals surface area contributed by atoms with Crippen LogP contribution < -0.4 is 5.73 Å². The Morgan fingerprint density at radius 1 is 1.27 bits per heavy atom. The molecule has 0 bridgehead atoms. The smallest absolute Gasteiger partial charge is 0.158 e. The van der Waals surface area contributed by atoms with Crippen LogP contribution in [0.15, 0.2) is 16.8 Å². The maximum absolute atomic E-state index is 13.3. The molecule has 3 saturated carbocycles. The number of ketones is 1. The Labute approximate surface area is 183 Å². The molecule has 8 atom stereocenters. The lowest BCUT2D eigenvalue weighted by atomic mass is 9.50. The maximum Gasteiger partial charge on any atom is 0.158 e. The van der Waals surface area contributed by atoms with Crippen molar-refractivity contribution >= 4 is 12.0 Å². The molecule has 4 heteroatoms. The molecule has 0 saturated heterocycles. The highest BCUT2D eigenvalue weighted by atomic mass is 16.1. The standard InChI is InChI=1S/C26H41N3O/c1-5-7-20-19(6-2)8-9-22-21(20)10-11-26(4)23(22)12-17(3)25(26)24(30)16-29-15-18(13-27)14-28/h13,15,17,19-23,25H,5-12,16,27H2,1-4H3. The first-order valence-corrected chi connectivity index (χ1v) is 12.3. The third kappa shape index (κ3) is 4.10. The van der Waals surface area contributed by atoms with Gasteiger partial charge in [0, 0.05) is 18.3 Å². The van der Waals surface area contributed by atoms with E-state index in [1.165, 1.54) is 63.8 Å². The molecule has 30 heavy (non-hydrogen) atoms. The van der Waals surface area contributed by atoms with Gasteiger partial charge in [0.1, 0.15) is 6.07 Å². The largest absolute Gasteiger partial charge is 0.403 e. The number of aliphatic imine (C=N–C) groups is 1. The van der Waals surface area contributed by atoms with Crippen LogP contribution in [0.25, 0.3) is 0 Å². The van der Waals surface area contributed by atoms with E-state index in [0.717, 1.165) is 23.7 Å². The molecule has 3 aliphatic carbocycles. The number of nitriles is 1. The predicted molar refractivity (Wildman–Crippen MR) is 123 cm³/mol. The molecule has 3 aliphatic rings. The second-order valence-corrected chi connectivity index (χ2v) is 10.5. The van der Waals surface area contributed by atoms with Crippen LogP contribution >= 0.6 is 0 Å². The second kappa shape index (κ2) is 9.67. The van der Waals surface area contributed by atoms with Crippen molar-refractivity contribution < 1.29 is 4.79 Å². The summed E-state index contributed by atoms with van der Waals surface area (Å²) >= 11 is 0. The molecule has 0 aromatic heterocycles. The topological polar surface area (TPSA) is 79.2 Å². The van der Waals surface area contributed by atoms with Crippen LogP contribution in [0.4, 0.5) is 0 Å². The van der Waals surface area contributed by atoms with Crippen LogP contribution in [0.2, 0.25) is 0 Å². The summed E-state index contributed by atoms with van der Waals surface area (Å²) in [5, 5.41) is 8.97. The van der Waals surface area contributed by atoms with Crippen LogP contribution in [-0.4, -0.2) is 18.5 Å². The third-order valence-electron chi connectivity index (χ3n) is 9.14. The van der Waals surface area contributed by atoms with Crippen molar-refractivity contribution in [2.24, 2.45) is 57.6 Å². The fourth-order valence-corrected chi connectivity index (χ4v) is 8.01. The number of hydrogen-bond donors (Lipinski definition) is 1. The molecule has 3 rings (SSSR count). The molecule has 0 aliphatic heterocycles. The van der Waals surface area contributed by atoms with Crippen LogP contribution in [0, 0.1) is 58.2 Å². The summed E-state index contributed by atoms with van der Waals surface area (Å²) < 4.78 is 0. The fraction of sp³-hybridized carbons (Fsp3) is 0.808. The highest BCUT2D eigenvalue weighted by Crippen LogP contribution is 2.65. The van der Waals surface area contributed by atoms with Gasteiger partial charge in [-0.15, -0.1) is 0 Å². The number of hydrogen-bond acceptors (Lipinski definition) is 4. The number of carbonyl (C=O) groups excluding carboxylic acids is 1. The van der Waals surface area contributed by atoms with Crippen LogP contribution in [0.3, 0.4) is 0 Å². The number of nitrogens with zero attached hydrogens (tertiary/aromatic N) is 2. The zero-order valence-electron chi connectivity index (χ0n) is 19.4. The summed E-state index contributed by atoms with van der Waals surface area (Å²) in [6.07, 6.45) is 13.1. The summed E-state index contributed by atoms with van der Waals surface area (Å²) in [4.78, 5) is 17.5. The average molecular weight is 412 g/mol. The molecular weight excluding hydrogens is 370 g/mol. The number of fused-ring (bicyclic) bond motifs is 3. The highest BCUT2D eigenvalue weighted by Gasteiger charge is 2.59. The van der Waals surface area contributed by atoms with E-state index >= 15 is 0 Å². The summed E-state index contributed by atoms with van der Waals surface area (Å²) in [5.41, 5.74) is 5.83. The van der Waals surface area contributed by atoms with Gasteiger partial charge in [0.05, 0.1) is 12.1 Å². The van der Waals surface area contributed by atoms with E-state index in [0.29, 0.717) is 17.4 Å². The van der Waals surface area contributed by atoms with E-state index in [2.05, 4.69) is 32.7 Å². The lowest BCUT2D eigenvalue weighted by molar-refractivity contribution is -0.129. The molecule has 0 radical (unpaired) electrons. The van der Waals surface area contributed by atoms with Crippen molar-refractivity contribution in [2.45, 2.75) is 79.1 Å². The van der Waals surface area contributed by atoms with Gasteiger partial charge >= 0.3 is 0 Å². The lowest BCUT2D eigenvalue weighted by Crippen LogP contribution is -2.48. The van der Waals surface area contributed by atoms with E-state index in [1.807, 2.05) is 6.07 Å². The van der Waals surface area contributed by atoms with Crippen molar-refractivity contribution in [2.75, 3.05) is 6.54 Å². The van der Waals surface area contributed by atoms with Crippen LogP contribution in [0.5, 0.6) is 0 Å². The van der Waals surface area contributed by atoms with E-state index in [4.69, 9.17) is 11.0 Å². The molecule has 0 spiro atoms. The van der Waals surface area contributed by atoms with Gasteiger partial charge in [-0.25, -0.2) is 0 Å². The van der Waals surface area contributed by atoms with Gasteiger partial charge in [-0.2, -0.15) is 5.26 Å². The Kier molecular flexibility index (Phi) is 7.43. The summed E-state index contributed by atoms with van der Waals surface area (Å²) in [6, 6.07) is 1.99. The maximum atomic E-state index is 13.3. The van der Waals surface area contributed by atoms with Gasteiger partial charge < -0.3 is 5.73 Å². The molecule has 8 unspecified atom stereocenters. The zero-order valence-corrected chi connectivity index (χ0v) is 19.4. The van der Waals surface area contributed by atoms with Crippen molar-refractivity contribution in [1.29, 1.82) is 5.26 Å². The Hall–Kier alpha value is -1.63. The first-order valence-electron chi connectivity index (χ1n) is 12.3. The highest BCUT2D eigenvalue weighted by molar-refractivity contribution is 5.89. The molecule has 166 valence electrons. The number of carbonyl (C=O) groups is 1. The monoisotopic (exact) mass is 411 g/mol. The fourth-order valence-electron chi connectivity index (χ4n) is 8.01. The second-order valence-electron chi connectivity index (χ2n) is 10.5. The number of allylic oxidation sites excluding steroid dienone is 1. The summed E-state index contributed by atoms with van der Waals surface area (Å²) in [6.45, 7) is 9.58. The molecular formula is C26H41N3O. The third-order valence-corrected chi connectivity index (χ3v) is 9.14. The predicted octanol–water partition coefficient (Wildman–Crippen LogP) is 5.53. The van der Waals surface area contributed by atoms with Crippen molar-refractivity contribution in [3.8, 4) is 6.07 Å². The minimum Gasteiger partial charge on any atom is -0.403 e. The molecule has 0 aromatic carbocycles. The Morgan fingerprint density at radius 2 is 2.03 bits per heavy atom. The Morgan fingerprint density at radius 3 is 2.67 bits per heavy atom. The summed E-state index contributed by atoms with van der Waals surface area (Å²) in [7, 11) is 0. The van der Waals surface area contributed by atoms with Gasteiger partial charge in [-0.3, -0.25) is 9.79 Å². The molecule has 0 heterocycles. The lowest BCUT2D eigenvalue weighted by Gasteiger charge is -2.54. The SMILES string of the molecule is CCCC1C(CC)CCC2C1CCC1(C)C2CC(C)C1C(=O)CN=CC(C#N)=CN. The van der Waals surface area contributed by atoms with Gasteiger partial charge in [0.15, 0.2) is 5.78 Å². The number of nitrogens with two attached hydrogens (primary N) is 1. The van der Waals surface area contributed by atoms with Crippen molar-refractivity contribution in [3.63, 3.8) is 0 Å². The van der Waals surface area contributed by atoms with Gasteiger partial charge in [-0.1, -0.05) is 47.0 Å². The quantitative estimate of drug-likeness (QED) is 0.441. The minimum absolute atomic E-state index is 0.0986. The van der Waals surface area contributed by atoms with Crippen molar-refractivity contribution in [1.82, 2.24) is 0 Å². The molecule has 0 aromatic rings. The van der Waals surface area contributed by atoms with Crippen LogP contribution in [-0.2, 0) is 4.79 Å². The van der Waals surface area contributed by atoms with Crippen molar-refractivity contribution in [3.05, 3.63) is 11.8 Å². The zero-order chi connectivity index (χ0) is 21.9. The Bertz CT molecular complexity index is 720. The normalized spacial score (nSPS) is 41.3. The van der Waals surface area contributed by atoms with E-state index < -0.39 is 0 Å². The number of Topliss-reactive ketones (excluding diaryl/α,β-unsaturated/α-hetero) is 1. The van der Waals surface area contributed by atoms with E-state index in [1.54, 1.807) is 0 Å². The number of rotatable bonds is 7. The molecule has 0 amide bonds. The Balaban J connectivity index is 1.77. The van der Waals surface area contributed by atoms with Gasteiger partial charge in [0.2, 0.25) is 0 Å². The minimum atomic E-state index is 0.0986. The first-order chi connectivity index (χ1) is 14.4. The van der Waals surface area contributed by atoms with Gasteiger partial charge in [0.25, 0.3) is 0 Å². The molecule has 3 fully saturated rings. The first kappa shape index (κ1) is 23.0. The van der Waals surface area contributed by atoms with E-state index in [9.17, 15) is 4.79 Å². The van der Waals surface area contributed by atoms with Crippen LogP contribution in [0.1, 0.15) is 79.1 Å². The summed E-state index contributed by atoms with van der Waals surface area (Å²) in [5.74, 6) is 4.93. The molecule has 2 N–H and O–H groups in total. The van der Waals surface area contributed by atoms with E-state index in [-0.39, 0.29) is 23.7 Å². The molecule has 4 nitrogen and oxygen atoms in total. The van der Waals surface area contributed by atoms with Gasteiger partial charge in [-0.05, 0) is 73.0 Å². The average Bonchev–Trinajstić information content (AvgIpc) is 3.01.